The van der Waals surface area contributed by atoms with Crippen LogP contribution in [0.25, 0.3) is 10.9 Å². The van der Waals surface area contributed by atoms with Crippen molar-refractivity contribution in [3.05, 3.63) is 65.9 Å². The highest BCUT2D eigenvalue weighted by molar-refractivity contribution is 5.89. The lowest BCUT2D eigenvalue weighted by Crippen LogP contribution is -2.24. The maximum atomic E-state index is 13.6. The molecule has 106 valence electrons. The molecule has 0 spiro atoms. The summed E-state index contributed by atoms with van der Waals surface area (Å²) in [5.74, 6) is -0.409. The number of hydrogen-bond donors (Lipinski definition) is 2. The Bertz CT molecular complexity index is 768. The summed E-state index contributed by atoms with van der Waals surface area (Å²) in [6.45, 7) is 0.456. The van der Waals surface area contributed by atoms with Crippen LogP contribution in [0.15, 0.2) is 48.9 Å². The lowest BCUT2D eigenvalue weighted by atomic mass is 10.1. The van der Waals surface area contributed by atoms with Gasteiger partial charge in [-0.1, -0.05) is 12.1 Å². The van der Waals surface area contributed by atoms with E-state index in [0.29, 0.717) is 12.1 Å². The molecule has 0 atom stereocenters. The number of halogens is 1. The average molecular weight is 283 g/mol. The number of benzene rings is 1. The zero-order chi connectivity index (χ0) is 14.7. The zero-order valence-corrected chi connectivity index (χ0v) is 11.3. The molecule has 2 aromatic heterocycles. The molecule has 2 N–H and O–H groups in total. The maximum absolute atomic E-state index is 13.6. The van der Waals surface area contributed by atoms with Crippen LogP contribution >= 0.6 is 0 Å². The van der Waals surface area contributed by atoms with Crippen molar-refractivity contribution in [2.45, 2.75) is 13.0 Å². The number of H-pyrrole nitrogens is 1. The van der Waals surface area contributed by atoms with Gasteiger partial charge in [0.2, 0.25) is 5.91 Å². The summed E-state index contributed by atoms with van der Waals surface area (Å²) in [6.07, 6.45) is 5.27. The average Bonchev–Trinajstić information content (AvgIpc) is 2.91. The van der Waals surface area contributed by atoms with Crippen molar-refractivity contribution in [3.8, 4) is 0 Å². The van der Waals surface area contributed by atoms with Crippen LogP contribution in [0.1, 0.15) is 11.1 Å². The van der Waals surface area contributed by atoms with Gasteiger partial charge in [0, 0.05) is 30.5 Å². The Hall–Kier alpha value is -2.69. The molecule has 1 aromatic carbocycles. The third-order valence-corrected chi connectivity index (χ3v) is 3.34. The fraction of sp³-hybridized carbons (Fsp3) is 0.125. The number of para-hydroxylation sites is 1. The van der Waals surface area contributed by atoms with Crippen LogP contribution in [0.4, 0.5) is 4.39 Å². The Labute approximate surface area is 121 Å². The third-order valence-electron chi connectivity index (χ3n) is 3.34. The van der Waals surface area contributed by atoms with Gasteiger partial charge in [0.05, 0.1) is 11.9 Å². The lowest BCUT2D eigenvalue weighted by molar-refractivity contribution is -0.120. The molecule has 3 aromatic rings. The first kappa shape index (κ1) is 13.3. The number of pyridine rings is 1. The molecule has 0 saturated carbocycles. The van der Waals surface area contributed by atoms with E-state index in [2.05, 4.69) is 15.3 Å². The lowest BCUT2D eigenvalue weighted by Gasteiger charge is -2.04. The zero-order valence-electron chi connectivity index (χ0n) is 11.3. The fourth-order valence-corrected chi connectivity index (χ4v) is 2.26. The van der Waals surface area contributed by atoms with Crippen LogP contribution in [0.3, 0.4) is 0 Å². The van der Waals surface area contributed by atoms with E-state index in [1.54, 1.807) is 30.7 Å². The van der Waals surface area contributed by atoms with Crippen LogP contribution in [0.5, 0.6) is 0 Å². The van der Waals surface area contributed by atoms with Crippen molar-refractivity contribution in [1.82, 2.24) is 15.3 Å². The first-order valence-electron chi connectivity index (χ1n) is 6.64. The highest BCUT2D eigenvalue weighted by atomic mass is 19.1. The summed E-state index contributed by atoms with van der Waals surface area (Å²) in [5, 5.41) is 3.59. The van der Waals surface area contributed by atoms with E-state index in [4.69, 9.17) is 0 Å². The Kier molecular flexibility index (Phi) is 3.64. The van der Waals surface area contributed by atoms with Crippen LogP contribution < -0.4 is 5.32 Å². The summed E-state index contributed by atoms with van der Waals surface area (Å²) < 4.78 is 13.6. The van der Waals surface area contributed by atoms with Crippen LogP contribution in [0.2, 0.25) is 0 Å². The quantitative estimate of drug-likeness (QED) is 0.773. The van der Waals surface area contributed by atoms with Gasteiger partial charge in [-0.15, -0.1) is 0 Å². The van der Waals surface area contributed by atoms with Gasteiger partial charge in [0.15, 0.2) is 0 Å². The van der Waals surface area contributed by atoms with Crippen LogP contribution in [-0.4, -0.2) is 15.9 Å². The summed E-state index contributed by atoms with van der Waals surface area (Å²) in [6, 6.07) is 8.54. The second kappa shape index (κ2) is 5.75. The maximum Gasteiger partial charge on any atom is 0.224 e. The minimum absolute atomic E-state index is 0.100. The number of amides is 1. The molecular formula is C16H14FN3O. The number of hydrogen-bond acceptors (Lipinski definition) is 2. The van der Waals surface area contributed by atoms with Crippen molar-refractivity contribution >= 4 is 16.8 Å². The highest BCUT2D eigenvalue weighted by Crippen LogP contribution is 2.21. The molecule has 1 amide bonds. The molecule has 0 unspecified atom stereocenters. The number of aromatic nitrogens is 2. The number of fused-ring (bicyclic) bond motifs is 1. The first-order valence-corrected chi connectivity index (χ1v) is 6.64. The molecule has 4 nitrogen and oxygen atoms in total. The van der Waals surface area contributed by atoms with Crippen molar-refractivity contribution in [3.63, 3.8) is 0 Å². The Morgan fingerprint density at radius 1 is 1.24 bits per heavy atom. The van der Waals surface area contributed by atoms with Crippen molar-refractivity contribution < 1.29 is 9.18 Å². The van der Waals surface area contributed by atoms with Crippen molar-refractivity contribution in [2.24, 2.45) is 0 Å². The molecule has 0 fully saturated rings. The first-order chi connectivity index (χ1) is 10.2. The summed E-state index contributed by atoms with van der Waals surface area (Å²) >= 11 is 0. The molecule has 0 radical (unpaired) electrons. The second-order valence-corrected chi connectivity index (χ2v) is 4.79. The number of nitrogens with one attached hydrogen (secondary N) is 2. The molecule has 0 aliphatic rings. The van der Waals surface area contributed by atoms with Crippen LogP contribution in [-0.2, 0) is 17.8 Å². The molecular weight excluding hydrogens is 269 g/mol. The molecule has 5 heteroatoms. The Morgan fingerprint density at radius 2 is 2.05 bits per heavy atom. The smallest absolute Gasteiger partial charge is 0.224 e. The second-order valence-electron chi connectivity index (χ2n) is 4.79. The summed E-state index contributed by atoms with van der Waals surface area (Å²) in [5.41, 5.74) is 2.22. The van der Waals surface area contributed by atoms with Gasteiger partial charge in [0.25, 0.3) is 0 Å². The predicted molar refractivity (Wildman–Crippen MR) is 78.0 cm³/mol. The highest BCUT2D eigenvalue weighted by Gasteiger charge is 2.10. The van der Waals surface area contributed by atoms with E-state index in [1.807, 2.05) is 12.1 Å². The molecule has 0 saturated heterocycles. The molecule has 3 rings (SSSR count). The topological polar surface area (TPSA) is 57.8 Å². The van der Waals surface area contributed by atoms with Gasteiger partial charge in [-0.2, -0.15) is 0 Å². The Morgan fingerprint density at radius 3 is 2.86 bits per heavy atom. The van der Waals surface area contributed by atoms with E-state index in [-0.39, 0.29) is 18.1 Å². The summed E-state index contributed by atoms with van der Waals surface area (Å²) in [7, 11) is 0. The van der Waals surface area contributed by atoms with Gasteiger partial charge in [-0.3, -0.25) is 9.78 Å². The molecule has 2 heterocycles. The van der Waals surface area contributed by atoms with E-state index in [9.17, 15) is 9.18 Å². The number of aromatic amines is 1. The SMILES string of the molecule is O=C(Cc1c[nH]c2c(F)cccc12)NCc1ccncc1. The molecule has 0 bridgehead atoms. The van der Waals surface area contributed by atoms with Crippen molar-refractivity contribution in [1.29, 1.82) is 0 Å². The number of rotatable bonds is 4. The van der Waals surface area contributed by atoms with E-state index in [1.165, 1.54) is 6.07 Å². The van der Waals surface area contributed by atoms with Crippen LogP contribution in [0, 0.1) is 5.82 Å². The Balaban J connectivity index is 1.68. The van der Waals surface area contributed by atoms with E-state index >= 15 is 0 Å². The fourth-order valence-electron chi connectivity index (χ4n) is 2.26. The molecule has 0 aliphatic carbocycles. The largest absolute Gasteiger partial charge is 0.359 e. The standard InChI is InChI=1S/C16H14FN3O/c17-14-3-1-2-13-12(10-20-16(13)14)8-15(21)19-9-11-4-6-18-7-5-11/h1-7,10,20H,8-9H2,(H,19,21). The number of carbonyl (C=O) groups excluding carboxylic acids is 1. The van der Waals surface area contributed by atoms with Gasteiger partial charge in [-0.05, 0) is 29.3 Å². The minimum Gasteiger partial charge on any atom is -0.359 e. The molecule has 0 aliphatic heterocycles. The third kappa shape index (κ3) is 2.91. The van der Waals surface area contributed by atoms with E-state index < -0.39 is 0 Å². The number of carbonyl (C=O) groups is 1. The van der Waals surface area contributed by atoms with Gasteiger partial charge in [-0.25, -0.2) is 4.39 Å². The summed E-state index contributed by atoms with van der Waals surface area (Å²) in [4.78, 5) is 18.8. The van der Waals surface area contributed by atoms with Gasteiger partial charge < -0.3 is 10.3 Å². The monoisotopic (exact) mass is 283 g/mol. The number of nitrogens with zero attached hydrogens (tertiary/aromatic N) is 1. The van der Waals surface area contributed by atoms with Gasteiger partial charge in [0.1, 0.15) is 5.82 Å². The minimum atomic E-state index is -0.309. The molecule has 21 heavy (non-hydrogen) atoms. The normalized spacial score (nSPS) is 10.7. The van der Waals surface area contributed by atoms with Crippen molar-refractivity contribution in [2.75, 3.05) is 0 Å². The van der Waals surface area contributed by atoms with E-state index in [0.717, 1.165) is 16.5 Å². The van der Waals surface area contributed by atoms with Gasteiger partial charge >= 0.3 is 0 Å². The predicted octanol–water partition coefficient (Wildman–Crippen LogP) is 2.56.